The molecule has 1 atom stereocenters. The van der Waals surface area contributed by atoms with Crippen molar-refractivity contribution in [3.63, 3.8) is 0 Å². The van der Waals surface area contributed by atoms with E-state index in [1.807, 2.05) is 35.1 Å². The molecule has 35 heavy (non-hydrogen) atoms. The van der Waals surface area contributed by atoms with Gasteiger partial charge in [-0.1, -0.05) is 17.3 Å². The van der Waals surface area contributed by atoms with Gasteiger partial charge in [0, 0.05) is 48.3 Å². The Hall–Kier alpha value is -3.56. The zero-order chi connectivity index (χ0) is 23.8. The Morgan fingerprint density at radius 2 is 1.97 bits per heavy atom. The molecule has 1 amide bonds. The molecule has 2 aliphatic rings. The fraction of sp³-hybridized carbons (Fsp3) is 0.346. The molecule has 0 bridgehead atoms. The molecule has 2 aromatic carbocycles. The zero-order valence-electron chi connectivity index (χ0n) is 19.3. The fourth-order valence-electron chi connectivity index (χ4n) is 4.97. The molecule has 2 N–H and O–H groups in total. The van der Waals surface area contributed by atoms with Crippen LogP contribution in [0, 0.1) is 5.82 Å². The smallest absolute Gasteiger partial charge is 0.251 e. The number of aromatic nitrogens is 4. The highest BCUT2D eigenvalue weighted by Gasteiger charge is 2.27. The highest BCUT2D eigenvalue weighted by molar-refractivity contribution is 5.98. The Morgan fingerprint density at radius 3 is 2.80 bits per heavy atom. The minimum Gasteiger partial charge on any atom is -0.365 e. The number of H-pyrrole nitrogens is 1. The molecule has 0 aliphatic carbocycles. The summed E-state index contributed by atoms with van der Waals surface area (Å²) in [6.07, 6.45) is 3.51. The van der Waals surface area contributed by atoms with E-state index in [1.165, 1.54) is 12.1 Å². The van der Waals surface area contributed by atoms with E-state index in [4.69, 9.17) is 4.74 Å². The Labute approximate surface area is 202 Å². The molecule has 4 aromatic rings. The number of hydrogen-bond acceptors (Lipinski definition) is 5. The molecule has 8 nitrogen and oxygen atoms in total. The van der Waals surface area contributed by atoms with Gasteiger partial charge in [-0.25, -0.2) is 9.07 Å². The number of hydrogen-bond donors (Lipinski definition) is 2. The lowest BCUT2D eigenvalue weighted by molar-refractivity contribution is -0.00220. The van der Waals surface area contributed by atoms with Crippen molar-refractivity contribution >= 4 is 16.8 Å². The predicted octanol–water partition coefficient (Wildman–Crippen LogP) is 3.56. The third-order valence-corrected chi connectivity index (χ3v) is 7.03. The Morgan fingerprint density at radius 1 is 1.14 bits per heavy atom. The first-order chi connectivity index (χ1) is 17.1. The second-order valence-electron chi connectivity index (χ2n) is 9.32. The van der Waals surface area contributed by atoms with Crippen molar-refractivity contribution in [1.82, 2.24) is 30.2 Å². The van der Waals surface area contributed by atoms with E-state index in [-0.39, 0.29) is 23.9 Å². The van der Waals surface area contributed by atoms with Crippen LogP contribution in [0.5, 0.6) is 0 Å². The summed E-state index contributed by atoms with van der Waals surface area (Å²) in [4.78, 5) is 18.2. The van der Waals surface area contributed by atoms with E-state index in [1.54, 1.807) is 12.1 Å². The first kappa shape index (κ1) is 21.9. The summed E-state index contributed by atoms with van der Waals surface area (Å²) < 4.78 is 21.2. The first-order valence-electron chi connectivity index (χ1n) is 12.0. The highest BCUT2D eigenvalue weighted by Crippen LogP contribution is 2.28. The van der Waals surface area contributed by atoms with Gasteiger partial charge in [-0.3, -0.25) is 9.69 Å². The number of halogens is 1. The number of benzene rings is 2. The number of carbonyl (C=O) groups excluding carboxylic acids is 1. The van der Waals surface area contributed by atoms with Gasteiger partial charge in [-0.05, 0) is 54.8 Å². The van der Waals surface area contributed by atoms with Gasteiger partial charge in [-0.2, -0.15) is 0 Å². The number of amides is 1. The Bertz CT molecular complexity index is 1340. The van der Waals surface area contributed by atoms with E-state index in [0.29, 0.717) is 25.3 Å². The van der Waals surface area contributed by atoms with Gasteiger partial charge in [0.1, 0.15) is 17.6 Å². The largest absolute Gasteiger partial charge is 0.365 e. The molecular weight excluding hydrogens is 447 g/mol. The summed E-state index contributed by atoms with van der Waals surface area (Å²) in [5, 5.41) is 13.0. The van der Waals surface area contributed by atoms with E-state index in [0.717, 1.165) is 53.8 Å². The van der Waals surface area contributed by atoms with Gasteiger partial charge in [0.15, 0.2) is 0 Å². The van der Waals surface area contributed by atoms with Crippen LogP contribution < -0.4 is 5.32 Å². The first-order valence-corrected chi connectivity index (χ1v) is 12.0. The molecule has 1 fully saturated rings. The van der Waals surface area contributed by atoms with Gasteiger partial charge in [-0.15, -0.1) is 5.10 Å². The molecule has 1 saturated heterocycles. The van der Waals surface area contributed by atoms with Gasteiger partial charge in [0.2, 0.25) is 0 Å². The van der Waals surface area contributed by atoms with Crippen molar-refractivity contribution in [3.8, 4) is 0 Å². The number of rotatable bonds is 5. The highest BCUT2D eigenvalue weighted by atomic mass is 19.1. The number of ether oxygens (including phenoxy) is 1. The molecule has 0 unspecified atom stereocenters. The van der Waals surface area contributed by atoms with Crippen molar-refractivity contribution in [1.29, 1.82) is 0 Å². The molecule has 0 spiro atoms. The average Bonchev–Trinajstić information content (AvgIpc) is 3.52. The molecule has 6 rings (SSSR count). The third-order valence-electron chi connectivity index (χ3n) is 7.03. The summed E-state index contributed by atoms with van der Waals surface area (Å²) in [6.45, 7) is 3.48. The number of carbonyl (C=O) groups is 1. The maximum atomic E-state index is 13.2. The number of aromatic amines is 1. The SMILES string of the molecule is O=C(NC1CCN(Cc2nnn3c2CO[C@@H](c2ccc(F)cc2)C3)CC1)c1ccc2[nH]ccc2c1. The molecule has 2 aliphatic heterocycles. The molecule has 180 valence electrons. The van der Waals surface area contributed by atoms with Gasteiger partial charge < -0.3 is 15.0 Å². The summed E-state index contributed by atoms with van der Waals surface area (Å²) >= 11 is 0. The van der Waals surface area contributed by atoms with Crippen LogP contribution in [0.1, 0.15) is 46.3 Å². The van der Waals surface area contributed by atoms with Crippen molar-refractivity contribution in [2.75, 3.05) is 13.1 Å². The average molecular weight is 475 g/mol. The fourth-order valence-corrected chi connectivity index (χ4v) is 4.97. The maximum absolute atomic E-state index is 13.2. The molecule has 9 heteroatoms. The van der Waals surface area contributed by atoms with E-state index in [9.17, 15) is 9.18 Å². The number of nitrogens with one attached hydrogen (secondary N) is 2. The van der Waals surface area contributed by atoms with E-state index >= 15 is 0 Å². The summed E-state index contributed by atoms with van der Waals surface area (Å²) in [5.74, 6) is -0.276. The summed E-state index contributed by atoms with van der Waals surface area (Å²) in [7, 11) is 0. The van der Waals surface area contributed by atoms with Crippen LogP contribution in [0.3, 0.4) is 0 Å². The van der Waals surface area contributed by atoms with Gasteiger partial charge in [0.05, 0.1) is 18.8 Å². The number of piperidine rings is 1. The lowest BCUT2D eigenvalue weighted by atomic mass is 10.0. The predicted molar refractivity (Wildman–Crippen MR) is 128 cm³/mol. The van der Waals surface area contributed by atoms with Crippen molar-refractivity contribution < 1.29 is 13.9 Å². The molecule has 0 saturated carbocycles. The standard InChI is InChI=1S/C26H27FN6O2/c27-20-4-1-17(2-5-20)25-15-33-24(16-35-25)23(30-31-33)14-32-11-8-21(9-12-32)29-26(34)19-3-6-22-18(13-19)7-10-28-22/h1-7,10,13,21,25,28H,8-9,11-12,14-16H2,(H,29,34)/t25-/m1/s1. The minimum absolute atomic E-state index is 0.0215. The van der Waals surface area contributed by atoms with Crippen LogP contribution in [0.2, 0.25) is 0 Å². The van der Waals surface area contributed by atoms with Crippen LogP contribution in [0.25, 0.3) is 10.9 Å². The summed E-state index contributed by atoms with van der Waals surface area (Å²) in [5.41, 5.74) is 4.59. The van der Waals surface area contributed by atoms with Crippen molar-refractivity contribution in [2.24, 2.45) is 0 Å². The Kier molecular flexibility index (Phi) is 5.79. The molecule has 4 heterocycles. The Balaban J connectivity index is 1.02. The van der Waals surface area contributed by atoms with Crippen LogP contribution >= 0.6 is 0 Å². The van der Waals surface area contributed by atoms with Crippen LogP contribution in [-0.4, -0.2) is 49.9 Å². The normalized spacial score (nSPS) is 19.1. The van der Waals surface area contributed by atoms with E-state index in [2.05, 4.69) is 25.5 Å². The van der Waals surface area contributed by atoms with Gasteiger partial charge >= 0.3 is 0 Å². The topological polar surface area (TPSA) is 88.1 Å². The monoisotopic (exact) mass is 474 g/mol. The quantitative estimate of drug-likeness (QED) is 0.462. The number of likely N-dealkylation sites (tertiary alicyclic amines) is 1. The lowest BCUT2D eigenvalue weighted by Crippen LogP contribution is -2.44. The molecule has 0 radical (unpaired) electrons. The summed E-state index contributed by atoms with van der Waals surface area (Å²) in [6, 6.07) is 14.3. The van der Waals surface area contributed by atoms with Crippen LogP contribution in [0.15, 0.2) is 54.7 Å². The number of nitrogens with zero attached hydrogens (tertiary/aromatic N) is 4. The van der Waals surface area contributed by atoms with Gasteiger partial charge in [0.25, 0.3) is 5.91 Å². The maximum Gasteiger partial charge on any atom is 0.251 e. The second-order valence-corrected chi connectivity index (χ2v) is 9.32. The second kappa shape index (κ2) is 9.24. The third kappa shape index (κ3) is 4.56. The van der Waals surface area contributed by atoms with Crippen LogP contribution in [0.4, 0.5) is 4.39 Å². The molecular formula is C26H27FN6O2. The lowest BCUT2D eigenvalue weighted by Gasteiger charge is -2.32. The molecule has 2 aromatic heterocycles. The zero-order valence-corrected chi connectivity index (χ0v) is 19.3. The van der Waals surface area contributed by atoms with E-state index < -0.39 is 0 Å². The van der Waals surface area contributed by atoms with Crippen molar-refractivity contribution in [3.05, 3.63) is 83.1 Å². The van der Waals surface area contributed by atoms with Crippen LogP contribution in [-0.2, 0) is 24.4 Å². The minimum atomic E-state index is -0.255. The van der Waals surface area contributed by atoms with Crippen molar-refractivity contribution in [2.45, 2.75) is 44.7 Å². The number of fused-ring (bicyclic) bond motifs is 2.